The molecule has 0 N–H and O–H groups in total. The summed E-state index contributed by atoms with van der Waals surface area (Å²) >= 11 is 0. The van der Waals surface area contributed by atoms with Gasteiger partial charge in [0, 0.05) is 6.20 Å². The van der Waals surface area contributed by atoms with Crippen LogP contribution >= 0.6 is 0 Å². The van der Waals surface area contributed by atoms with Crippen LogP contribution in [0, 0.1) is 13.8 Å². The fraction of sp³-hybridized carbons (Fsp3) is 0.231. The van der Waals surface area contributed by atoms with Crippen molar-refractivity contribution in [3.63, 3.8) is 0 Å². The van der Waals surface area contributed by atoms with Gasteiger partial charge in [0.05, 0.1) is 23.9 Å². The average molecular weight is 215 g/mol. The first kappa shape index (κ1) is 10.6. The fourth-order valence-electron chi connectivity index (χ4n) is 1.63. The number of aryl methyl sites for hydroxylation is 2. The molecule has 0 spiro atoms. The molecule has 82 valence electrons. The Balaban J connectivity index is 2.21. The number of Topliss-reactive ketones (excluding diaryl/α,β-unsaturated/α-hetero) is 1. The zero-order valence-corrected chi connectivity index (χ0v) is 9.36. The van der Waals surface area contributed by atoms with Crippen molar-refractivity contribution >= 4 is 5.78 Å². The summed E-state index contributed by atoms with van der Waals surface area (Å²) in [6.45, 7) is 3.75. The molecule has 0 saturated heterocycles. The van der Waals surface area contributed by atoms with Gasteiger partial charge in [-0.2, -0.15) is 0 Å². The van der Waals surface area contributed by atoms with Gasteiger partial charge in [0.25, 0.3) is 0 Å². The van der Waals surface area contributed by atoms with E-state index in [4.69, 9.17) is 4.42 Å². The van der Waals surface area contributed by atoms with E-state index in [2.05, 4.69) is 4.98 Å². The molecule has 3 heteroatoms. The summed E-state index contributed by atoms with van der Waals surface area (Å²) in [5.41, 5.74) is 2.51. The van der Waals surface area contributed by atoms with Gasteiger partial charge < -0.3 is 4.42 Å². The molecular weight excluding hydrogens is 202 g/mol. The van der Waals surface area contributed by atoms with Crippen molar-refractivity contribution in [3.05, 3.63) is 53.2 Å². The lowest BCUT2D eigenvalue weighted by atomic mass is 10.0. The molecule has 0 aromatic carbocycles. The van der Waals surface area contributed by atoms with Gasteiger partial charge in [-0.25, -0.2) is 0 Å². The van der Waals surface area contributed by atoms with Gasteiger partial charge in [-0.1, -0.05) is 6.07 Å². The number of ketones is 1. The standard InChI is InChI=1S/C13H13NO2/c1-9-4-3-6-14-12(9)8-13(15)11-5-7-16-10(11)2/h3-7H,8H2,1-2H3. The first-order valence-corrected chi connectivity index (χ1v) is 5.16. The molecule has 2 aromatic rings. The number of hydrogen-bond donors (Lipinski definition) is 0. The van der Waals surface area contributed by atoms with Crippen molar-refractivity contribution in [2.75, 3.05) is 0 Å². The van der Waals surface area contributed by atoms with Crippen LogP contribution in [-0.2, 0) is 6.42 Å². The number of pyridine rings is 1. The van der Waals surface area contributed by atoms with Crippen LogP contribution in [0.5, 0.6) is 0 Å². The Morgan fingerprint density at radius 1 is 1.38 bits per heavy atom. The number of rotatable bonds is 3. The van der Waals surface area contributed by atoms with Crippen LogP contribution < -0.4 is 0 Å². The van der Waals surface area contributed by atoms with E-state index in [0.717, 1.165) is 11.3 Å². The summed E-state index contributed by atoms with van der Waals surface area (Å²) in [5, 5.41) is 0. The Morgan fingerprint density at radius 3 is 2.81 bits per heavy atom. The maximum absolute atomic E-state index is 11.9. The van der Waals surface area contributed by atoms with Crippen LogP contribution in [0.15, 0.2) is 35.1 Å². The van der Waals surface area contributed by atoms with Crippen molar-refractivity contribution in [1.82, 2.24) is 4.98 Å². The summed E-state index contributed by atoms with van der Waals surface area (Å²) in [7, 11) is 0. The van der Waals surface area contributed by atoms with Crippen molar-refractivity contribution in [2.45, 2.75) is 20.3 Å². The zero-order valence-electron chi connectivity index (χ0n) is 9.36. The molecule has 0 aliphatic carbocycles. The SMILES string of the molecule is Cc1cccnc1CC(=O)c1ccoc1C. The Labute approximate surface area is 94.1 Å². The molecule has 0 saturated carbocycles. The Hall–Kier alpha value is -1.90. The lowest BCUT2D eigenvalue weighted by molar-refractivity contribution is 0.0990. The third-order valence-corrected chi connectivity index (χ3v) is 2.61. The van der Waals surface area contributed by atoms with Crippen LogP contribution in [0.4, 0.5) is 0 Å². The third-order valence-electron chi connectivity index (χ3n) is 2.61. The second-order valence-electron chi connectivity index (χ2n) is 3.76. The minimum absolute atomic E-state index is 0.0491. The predicted octanol–water partition coefficient (Wildman–Crippen LogP) is 2.72. The van der Waals surface area contributed by atoms with Gasteiger partial charge in [-0.3, -0.25) is 9.78 Å². The Morgan fingerprint density at radius 2 is 2.19 bits per heavy atom. The summed E-state index contributed by atoms with van der Waals surface area (Å²) in [6.07, 6.45) is 3.57. The zero-order chi connectivity index (χ0) is 11.5. The molecule has 0 amide bonds. The topological polar surface area (TPSA) is 43.1 Å². The van der Waals surface area contributed by atoms with Gasteiger partial charge in [0.15, 0.2) is 5.78 Å². The van der Waals surface area contributed by atoms with Crippen molar-refractivity contribution in [3.8, 4) is 0 Å². The summed E-state index contributed by atoms with van der Waals surface area (Å²) in [5.74, 6) is 0.714. The summed E-state index contributed by atoms with van der Waals surface area (Å²) in [6, 6.07) is 5.53. The molecule has 0 aliphatic rings. The number of nitrogens with zero attached hydrogens (tertiary/aromatic N) is 1. The lowest BCUT2D eigenvalue weighted by Crippen LogP contribution is -2.06. The lowest BCUT2D eigenvalue weighted by Gasteiger charge is -2.02. The van der Waals surface area contributed by atoms with E-state index in [1.54, 1.807) is 19.2 Å². The van der Waals surface area contributed by atoms with E-state index >= 15 is 0 Å². The normalized spacial score (nSPS) is 10.4. The van der Waals surface area contributed by atoms with E-state index in [-0.39, 0.29) is 5.78 Å². The van der Waals surface area contributed by atoms with E-state index < -0.39 is 0 Å². The molecule has 2 aromatic heterocycles. The van der Waals surface area contributed by atoms with Crippen LogP contribution in [0.2, 0.25) is 0 Å². The minimum Gasteiger partial charge on any atom is -0.469 e. The van der Waals surface area contributed by atoms with Gasteiger partial charge in [-0.05, 0) is 31.5 Å². The quantitative estimate of drug-likeness (QED) is 0.739. The highest BCUT2D eigenvalue weighted by Crippen LogP contribution is 2.13. The summed E-state index contributed by atoms with van der Waals surface area (Å²) in [4.78, 5) is 16.2. The highest BCUT2D eigenvalue weighted by Gasteiger charge is 2.13. The average Bonchev–Trinajstić information content (AvgIpc) is 2.68. The van der Waals surface area contributed by atoms with Crippen LogP contribution in [-0.4, -0.2) is 10.8 Å². The highest BCUT2D eigenvalue weighted by atomic mass is 16.3. The van der Waals surface area contributed by atoms with E-state index in [1.165, 1.54) is 6.26 Å². The number of carbonyl (C=O) groups excluding carboxylic acids is 1. The predicted molar refractivity (Wildman–Crippen MR) is 60.5 cm³/mol. The van der Waals surface area contributed by atoms with Gasteiger partial charge >= 0.3 is 0 Å². The largest absolute Gasteiger partial charge is 0.469 e. The van der Waals surface area contributed by atoms with Gasteiger partial charge in [0.2, 0.25) is 0 Å². The Kier molecular flexibility index (Phi) is 2.86. The molecule has 16 heavy (non-hydrogen) atoms. The molecule has 0 bridgehead atoms. The molecule has 2 rings (SSSR count). The Bertz CT molecular complexity index is 514. The minimum atomic E-state index is 0.0491. The van der Waals surface area contributed by atoms with Gasteiger partial charge in [-0.15, -0.1) is 0 Å². The number of aromatic nitrogens is 1. The highest BCUT2D eigenvalue weighted by molar-refractivity contribution is 5.98. The molecule has 3 nitrogen and oxygen atoms in total. The molecule has 0 atom stereocenters. The fourth-order valence-corrected chi connectivity index (χ4v) is 1.63. The van der Waals surface area contributed by atoms with Crippen molar-refractivity contribution in [2.24, 2.45) is 0 Å². The van der Waals surface area contributed by atoms with E-state index in [1.807, 2.05) is 19.1 Å². The number of carbonyl (C=O) groups is 1. The monoisotopic (exact) mass is 215 g/mol. The summed E-state index contributed by atoms with van der Waals surface area (Å²) < 4.78 is 5.11. The molecule has 0 aliphatic heterocycles. The van der Waals surface area contributed by atoms with Crippen molar-refractivity contribution < 1.29 is 9.21 Å². The van der Waals surface area contributed by atoms with Crippen LogP contribution in [0.25, 0.3) is 0 Å². The van der Waals surface area contributed by atoms with Gasteiger partial charge in [0.1, 0.15) is 5.76 Å². The first-order valence-electron chi connectivity index (χ1n) is 5.16. The van der Waals surface area contributed by atoms with Crippen LogP contribution in [0.3, 0.4) is 0 Å². The van der Waals surface area contributed by atoms with E-state index in [9.17, 15) is 4.79 Å². The first-order chi connectivity index (χ1) is 7.68. The van der Waals surface area contributed by atoms with Crippen molar-refractivity contribution in [1.29, 1.82) is 0 Å². The van der Waals surface area contributed by atoms with E-state index in [0.29, 0.717) is 17.7 Å². The molecule has 0 unspecified atom stereocenters. The molecular formula is C13H13NO2. The maximum Gasteiger partial charge on any atom is 0.172 e. The second kappa shape index (κ2) is 4.31. The maximum atomic E-state index is 11.9. The second-order valence-corrected chi connectivity index (χ2v) is 3.76. The molecule has 0 radical (unpaired) electrons. The van der Waals surface area contributed by atoms with Crippen LogP contribution in [0.1, 0.15) is 27.4 Å². The number of furan rings is 1. The molecule has 0 fully saturated rings. The smallest absolute Gasteiger partial charge is 0.172 e. The number of hydrogen-bond acceptors (Lipinski definition) is 3. The molecule has 2 heterocycles. The third kappa shape index (κ3) is 2.03.